The number of thiophene rings is 1. The van der Waals surface area contributed by atoms with Crippen LogP contribution in [0.1, 0.15) is 53.4 Å². The standard InChI is InChI=1S/C15H13BrN2OS.C9H16O2/c1-9(2)19-15-14(12-7-8-13(16)20-12)17-10-5-3-4-6-11(10)18-15;1-7(2)9(10)11-8-5-3-4-6-8/h3-9H,1-2H3;7-8H,3-6H2,1-2H3. The Kier molecular flexibility index (Phi) is 8.43. The summed E-state index contributed by atoms with van der Waals surface area (Å²) < 4.78 is 12.1. The van der Waals surface area contributed by atoms with Crippen molar-refractivity contribution in [2.24, 2.45) is 5.92 Å². The first-order chi connectivity index (χ1) is 14.8. The molecule has 0 N–H and O–H groups in total. The highest BCUT2D eigenvalue weighted by molar-refractivity contribution is 9.11. The summed E-state index contributed by atoms with van der Waals surface area (Å²) in [5.41, 5.74) is 2.53. The summed E-state index contributed by atoms with van der Waals surface area (Å²) in [4.78, 5) is 21.4. The predicted molar refractivity (Wildman–Crippen MR) is 130 cm³/mol. The lowest BCUT2D eigenvalue weighted by Gasteiger charge is -2.12. The van der Waals surface area contributed by atoms with Crippen LogP contribution in [0.3, 0.4) is 0 Å². The van der Waals surface area contributed by atoms with E-state index in [0.717, 1.165) is 38.2 Å². The molecule has 4 rings (SSSR count). The third kappa shape index (κ3) is 6.74. The van der Waals surface area contributed by atoms with Crippen molar-refractivity contribution in [2.75, 3.05) is 0 Å². The molecule has 0 bridgehead atoms. The van der Waals surface area contributed by atoms with Gasteiger partial charge in [-0.3, -0.25) is 4.79 Å². The lowest BCUT2D eigenvalue weighted by atomic mass is 10.2. The first kappa shape index (κ1) is 23.7. The number of hydrogen-bond donors (Lipinski definition) is 0. The minimum atomic E-state index is -0.0445. The van der Waals surface area contributed by atoms with Gasteiger partial charge in [-0.1, -0.05) is 26.0 Å². The number of esters is 1. The lowest BCUT2D eigenvalue weighted by Crippen LogP contribution is -2.18. The van der Waals surface area contributed by atoms with Gasteiger partial charge in [0, 0.05) is 0 Å². The first-order valence-electron chi connectivity index (χ1n) is 10.7. The molecule has 0 aliphatic heterocycles. The van der Waals surface area contributed by atoms with Crippen molar-refractivity contribution in [1.82, 2.24) is 9.97 Å². The predicted octanol–water partition coefficient (Wildman–Crippen LogP) is 7.04. The molecule has 7 heteroatoms. The number of para-hydroxylation sites is 2. The number of halogens is 1. The maximum Gasteiger partial charge on any atom is 0.308 e. The minimum Gasteiger partial charge on any atom is -0.473 e. The highest BCUT2D eigenvalue weighted by Gasteiger charge is 2.20. The Morgan fingerprint density at radius 2 is 1.68 bits per heavy atom. The second kappa shape index (κ2) is 11.0. The van der Waals surface area contributed by atoms with Gasteiger partial charge in [0.25, 0.3) is 0 Å². The van der Waals surface area contributed by atoms with Crippen molar-refractivity contribution in [3.05, 3.63) is 40.2 Å². The molecule has 0 amide bonds. The molecular weight excluding hydrogens is 476 g/mol. The van der Waals surface area contributed by atoms with Gasteiger partial charge in [0.05, 0.1) is 31.7 Å². The summed E-state index contributed by atoms with van der Waals surface area (Å²) in [6.07, 6.45) is 4.86. The number of benzene rings is 1. The number of aromatic nitrogens is 2. The van der Waals surface area contributed by atoms with E-state index in [1.54, 1.807) is 11.3 Å². The molecule has 2 aromatic heterocycles. The van der Waals surface area contributed by atoms with Gasteiger partial charge in [0.2, 0.25) is 5.88 Å². The van der Waals surface area contributed by atoms with Crippen LogP contribution in [0, 0.1) is 5.92 Å². The molecule has 3 aromatic rings. The molecule has 1 fully saturated rings. The normalized spacial score (nSPS) is 14.0. The van der Waals surface area contributed by atoms with Crippen molar-refractivity contribution in [2.45, 2.75) is 65.6 Å². The zero-order chi connectivity index (χ0) is 22.4. The van der Waals surface area contributed by atoms with Crippen molar-refractivity contribution in [3.63, 3.8) is 0 Å². The summed E-state index contributed by atoms with van der Waals surface area (Å²) in [6, 6.07) is 11.9. The van der Waals surface area contributed by atoms with Gasteiger partial charge in [-0.25, -0.2) is 9.97 Å². The van der Waals surface area contributed by atoms with Gasteiger partial charge in [0.1, 0.15) is 11.8 Å². The number of nitrogens with zero attached hydrogens (tertiary/aromatic N) is 2. The molecule has 5 nitrogen and oxygen atoms in total. The fraction of sp³-hybridized carbons (Fsp3) is 0.458. The molecule has 166 valence electrons. The van der Waals surface area contributed by atoms with Crippen LogP contribution in [-0.4, -0.2) is 28.1 Å². The summed E-state index contributed by atoms with van der Waals surface area (Å²) in [7, 11) is 0. The maximum atomic E-state index is 11.1. The Labute approximate surface area is 196 Å². The largest absolute Gasteiger partial charge is 0.473 e. The SMILES string of the molecule is CC(C)C(=O)OC1CCCC1.CC(C)Oc1nc2ccccc2nc1-c1ccc(Br)s1. The van der Waals surface area contributed by atoms with Crippen LogP contribution in [0.5, 0.6) is 5.88 Å². The Hall–Kier alpha value is -1.99. The van der Waals surface area contributed by atoms with Crippen molar-refractivity contribution >= 4 is 44.3 Å². The van der Waals surface area contributed by atoms with Gasteiger partial charge >= 0.3 is 5.97 Å². The van der Waals surface area contributed by atoms with Crippen LogP contribution in [0.2, 0.25) is 0 Å². The fourth-order valence-corrected chi connectivity index (χ4v) is 4.57. The molecule has 0 unspecified atom stereocenters. The highest BCUT2D eigenvalue weighted by atomic mass is 79.9. The molecule has 0 saturated heterocycles. The Bertz CT molecular complexity index is 1010. The number of carbonyl (C=O) groups excluding carboxylic acids is 1. The van der Waals surface area contributed by atoms with E-state index in [2.05, 4.69) is 20.9 Å². The molecular formula is C24H29BrN2O3S. The van der Waals surface area contributed by atoms with Crippen molar-refractivity contribution in [3.8, 4) is 16.5 Å². The van der Waals surface area contributed by atoms with E-state index in [-0.39, 0.29) is 24.1 Å². The van der Waals surface area contributed by atoms with E-state index in [4.69, 9.17) is 14.5 Å². The monoisotopic (exact) mass is 504 g/mol. The Morgan fingerprint density at radius 1 is 1.03 bits per heavy atom. The van der Waals surface area contributed by atoms with Gasteiger partial charge in [-0.15, -0.1) is 11.3 Å². The number of hydrogen-bond acceptors (Lipinski definition) is 6. The summed E-state index contributed by atoms with van der Waals surface area (Å²) in [6.45, 7) is 7.73. The molecule has 1 aliphatic carbocycles. The van der Waals surface area contributed by atoms with Gasteiger partial charge in [0.15, 0.2) is 0 Å². The van der Waals surface area contributed by atoms with Crippen LogP contribution < -0.4 is 4.74 Å². The topological polar surface area (TPSA) is 61.3 Å². The third-order valence-electron chi connectivity index (χ3n) is 4.75. The van der Waals surface area contributed by atoms with Gasteiger partial charge in [-0.2, -0.15) is 0 Å². The van der Waals surface area contributed by atoms with Crippen molar-refractivity contribution < 1.29 is 14.3 Å². The van der Waals surface area contributed by atoms with E-state index in [0.29, 0.717) is 5.88 Å². The molecule has 0 spiro atoms. The maximum absolute atomic E-state index is 11.1. The van der Waals surface area contributed by atoms with E-state index in [1.165, 1.54) is 12.8 Å². The number of fused-ring (bicyclic) bond motifs is 1. The molecule has 31 heavy (non-hydrogen) atoms. The molecule has 1 saturated carbocycles. The number of carbonyl (C=O) groups is 1. The van der Waals surface area contributed by atoms with Crippen LogP contribution in [-0.2, 0) is 9.53 Å². The van der Waals surface area contributed by atoms with Gasteiger partial charge < -0.3 is 9.47 Å². The second-order valence-electron chi connectivity index (χ2n) is 8.13. The highest BCUT2D eigenvalue weighted by Crippen LogP contribution is 2.36. The smallest absolute Gasteiger partial charge is 0.308 e. The van der Waals surface area contributed by atoms with E-state index < -0.39 is 0 Å². The average molecular weight is 505 g/mol. The number of rotatable bonds is 5. The lowest BCUT2D eigenvalue weighted by molar-refractivity contribution is -0.152. The quantitative estimate of drug-likeness (QED) is 0.348. The Morgan fingerprint density at radius 3 is 2.23 bits per heavy atom. The van der Waals surface area contributed by atoms with E-state index in [1.807, 2.05) is 64.1 Å². The summed E-state index contributed by atoms with van der Waals surface area (Å²) in [5.74, 6) is 0.570. The fourth-order valence-electron chi connectivity index (χ4n) is 3.20. The van der Waals surface area contributed by atoms with Crippen LogP contribution in [0.4, 0.5) is 0 Å². The molecule has 1 aromatic carbocycles. The minimum absolute atomic E-state index is 0.0237. The second-order valence-corrected chi connectivity index (χ2v) is 10.6. The van der Waals surface area contributed by atoms with Crippen molar-refractivity contribution in [1.29, 1.82) is 0 Å². The average Bonchev–Trinajstić information content (AvgIpc) is 3.39. The first-order valence-corrected chi connectivity index (χ1v) is 12.3. The summed E-state index contributed by atoms with van der Waals surface area (Å²) in [5, 5.41) is 0. The van der Waals surface area contributed by atoms with E-state index in [9.17, 15) is 4.79 Å². The van der Waals surface area contributed by atoms with Crippen LogP contribution in [0.15, 0.2) is 40.2 Å². The van der Waals surface area contributed by atoms with Gasteiger partial charge in [-0.05, 0) is 79.7 Å². The molecule has 2 heterocycles. The zero-order valence-corrected chi connectivity index (χ0v) is 20.8. The Balaban J connectivity index is 0.000000210. The van der Waals surface area contributed by atoms with Crippen LogP contribution >= 0.6 is 27.3 Å². The molecule has 0 radical (unpaired) electrons. The van der Waals surface area contributed by atoms with E-state index >= 15 is 0 Å². The molecule has 0 atom stereocenters. The third-order valence-corrected chi connectivity index (χ3v) is 6.38. The molecule has 1 aliphatic rings. The summed E-state index contributed by atoms with van der Waals surface area (Å²) >= 11 is 5.11. The zero-order valence-electron chi connectivity index (χ0n) is 18.4. The van der Waals surface area contributed by atoms with Crippen LogP contribution in [0.25, 0.3) is 21.6 Å². The number of ether oxygens (including phenoxy) is 2.